The fourth-order valence-corrected chi connectivity index (χ4v) is 3.65. The second-order valence-electron chi connectivity index (χ2n) is 4.19. The Balaban J connectivity index is 2.17. The smallest absolute Gasteiger partial charge is 0.175 e. The summed E-state index contributed by atoms with van der Waals surface area (Å²) in [7, 11) is -0.140. The predicted octanol–water partition coefficient (Wildman–Crippen LogP) is 3.59. The monoisotopic (exact) mass is 370 g/mol. The van der Waals surface area contributed by atoms with Crippen LogP contribution in [0.25, 0.3) is 0 Å². The van der Waals surface area contributed by atoms with Gasteiger partial charge in [0.05, 0.1) is 28.6 Å². The molecule has 3 nitrogen and oxygen atoms in total. The van der Waals surface area contributed by atoms with E-state index >= 15 is 0 Å². The molecule has 21 heavy (non-hydrogen) atoms. The summed E-state index contributed by atoms with van der Waals surface area (Å²) < 4.78 is 31.2. The lowest BCUT2D eigenvalue weighted by Crippen LogP contribution is -2.12. The van der Waals surface area contributed by atoms with Crippen molar-refractivity contribution < 1.29 is 18.1 Å². The van der Waals surface area contributed by atoms with Crippen LogP contribution in [-0.4, -0.2) is 22.9 Å². The number of benzene rings is 2. The molecule has 6 heteroatoms. The van der Waals surface area contributed by atoms with Gasteiger partial charge < -0.3 is 4.74 Å². The molecule has 0 spiro atoms. The van der Waals surface area contributed by atoms with Gasteiger partial charge in [-0.2, -0.15) is 0 Å². The van der Waals surface area contributed by atoms with Gasteiger partial charge in [0.15, 0.2) is 17.3 Å². The molecular weight excluding hydrogens is 359 g/mol. The van der Waals surface area contributed by atoms with Crippen LogP contribution in [0.5, 0.6) is 5.75 Å². The molecule has 0 saturated carbocycles. The minimum absolute atomic E-state index is 0.0680. The molecule has 0 aliphatic carbocycles. The first-order chi connectivity index (χ1) is 10.0. The van der Waals surface area contributed by atoms with Gasteiger partial charge >= 0.3 is 0 Å². The van der Waals surface area contributed by atoms with E-state index in [-0.39, 0.29) is 22.8 Å². The summed E-state index contributed by atoms with van der Waals surface area (Å²) in [5.41, 5.74) is 0.175. The van der Waals surface area contributed by atoms with Gasteiger partial charge in [-0.05, 0) is 46.3 Å². The summed E-state index contributed by atoms with van der Waals surface area (Å²) in [6.45, 7) is 0. The second kappa shape index (κ2) is 6.95. The second-order valence-corrected chi connectivity index (χ2v) is 6.47. The van der Waals surface area contributed by atoms with E-state index < -0.39 is 16.6 Å². The number of Topliss-reactive ketones (excluding diaryl/α,β-unsaturated/α-hetero) is 1. The Morgan fingerprint density at radius 1 is 1.29 bits per heavy atom. The third kappa shape index (κ3) is 3.77. The van der Waals surface area contributed by atoms with Crippen LogP contribution >= 0.6 is 15.9 Å². The molecule has 0 aliphatic rings. The lowest BCUT2D eigenvalue weighted by atomic mass is 10.1. The van der Waals surface area contributed by atoms with E-state index in [0.29, 0.717) is 9.37 Å². The maximum Gasteiger partial charge on any atom is 0.175 e. The molecule has 2 rings (SSSR count). The Morgan fingerprint density at radius 2 is 2.00 bits per heavy atom. The first-order valence-electron chi connectivity index (χ1n) is 6.02. The third-order valence-corrected chi connectivity index (χ3v) is 5.14. The number of hydrogen-bond acceptors (Lipinski definition) is 3. The van der Waals surface area contributed by atoms with Gasteiger partial charge in [0, 0.05) is 10.0 Å². The highest BCUT2D eigenvalue weighted by Crippen LogP contribution is 2.22. The third-order valence-electron chi connectivity index (χ3n) is 2.82. The highest BCUT2D eigenvalue weighted by atomic mass is 79.9. The molecule has 0 fully saturated rings. The summed E-state index contributed by atoms with van der Waals surface area (Å²) in [5.74, 6) is -1.13. The Labute approximate surface area is 132 Å². The van der Waals surface area contributed by atoms with Gasteiger partial charge in [-0.3, -0.25) is 9.00 Å². The number of ketones is 1. The lowest BCUT2D eigenvalue weighted by molar-refractivity contribution is 0.102. The lowest BCUT2D eigenvalue weighted by Gasteiger charge is -2.06. The number of methoxy groups -OCH3 is 1. The quantitative estimate of drug-likeness (QED) is 0.755. The van der Waals surface area contributed by atoms with E-state index in [1.54, 1.807) is 24.3 Å². The number of carbonyl (C=O) groups is 1. The summed E-state index contributed by atoms with van der Waals surface area (Å²) in [6.07, 6.45) is 0. The van der Waals surface area contributed by atoms with Crippen molar-refractivity contribution in [2.45, 2.75) is 4.90 Å². The van der Waals surface area contributed by atoms with Crippen molar-refractivity contribution >= 4 is 32.5 Å². The average molecular weight is 371 g/mol. The molecule has 0 aromatic heterocycles. The summed E-state index contributed by atoms with van der Waals surface area (Å²) in [6, 6.07) is 10.9. The highest BCUT2D eigenvalue weighted by Gasteiger charge is 2.16. The molecule has 2 aromatic carbocycles. The van der Waals surface area contributed by atoms with Crippen LogP contribution < -0.4 is 4.74 Å². The molecule has 0 radical (unpaired) electrons. The summed E-state index contributed by atoms with van der Waals surface area (Å²) in [5, 5.41) is 0. The van der Waals surface area contributed by atoms with Crippen molar-refractivity contribution in [3.8, 4) is 5.75 Å². The van der Waals surface area contributed by atoms with E-state index in [2.05, 4.69) is 15.9 Å². The molecule has 0 N–H and O–H groups in total. The standard InChI is InChI=1S/C15H12BrFO3S/c1-20-14-7-6-10(8-12(14)17)13(18)9-21(19)15-5-3-2-4-11(15)16/h2-8H,9H2,1H3. The first kappa shape index (κ1) is 15.9. The van der Waals surface area contributed by atoms with Crippen molar-refractivity contribution in [3.05, 3.63) is 58.3 Å². The number of rotatable bonds is 5. The predicted molar refractivity (Wildman–Crippen MR) is 82.7 cm³/mol. The fraction of sp³-hybridized carbons (Fsp3) is 0.133. The van der Waals surface area contributed by atoms with Crippen molar-refractivity contribution in [2.75, 3.05) is 12.9 Å². The molecule has 1 unspecified atom stereocenters. The van der Waals surface area contributed by atoms with Gasteiger partial charge in [0.25, 0.3) is 0 Å². The van der Waals surface area contributed by atoms with Gasteiger partial charge in [0.1, 0.15) is 0 Å². The van der Waals surface area contributed by atoms with Gasteiger partial charge in [-0.1, -0.05) is 12.1 Å². The van der Waals surface area contributed by atoms with E-state index in [1.165, 1.54) is 19.2 Å². The largest absolute Gasteiger partial charge is 0.494 e. The van der Waals surface area contributed by atoms with Crippen molar-refractivity contribution in [1.82, 2.24) is 0 Å². The van der Waals surface area contributed by atoms with Crippen LogP contribution in [0.3, 0.4) is 0 Å². The van der Waals surface area contributed by atoms with Gasteiger partial charge in [-0.25, -0.2) is 4.39 Å². The SMILES string of the molecule is COc1ccc(C(=O)CS(=O)c2ccccc2Br)cc1F. The van der Waals surface area contributed by atoms with Crippen LogP contribution in [0, 0.1) is 5.82 Å². The molecule has 0 bridgehead atoms. The Kier molecular flexibility index (Phi) is 5.25. The van der Waals surface area contributed by atoms with Gasteiger partial charge in [-0.15, -0.1) is 0 Å². The zero-order chi connectivity index (χ0) is 15.4. The van der Waals surface area contributed by atoms with Crippen LogP contribution in [0.2, 0.25) is 0 Å². The molecule has 0 amide bonds. The normalized spacial score (nSPS) is 12.0. The van der Waals surface area contributed by atoms with Crippen LogP contribution in [0.1, 0.15) is 10.4 Å². The molecule has 0 saturated heterocycles. The molecule has 0 heterocycles. The number of carbonyl (C=O) groups excluding carboxylic acids is 1. The first-order valence-corrected chi connectivity index (χ1v) is 8.13. The molecule has 110 valence electrons. The van der Waals surface area contributed by atoms with E-state index in [1.807, 2.05) is 0 Å². The average Bonchev–Trinajstić information content (AvgIpc) is 2.47. The van der Waals surface area contributed by atoms with Crippen LogP contribution in [0.15, 0.2) is 51.8 Å². The molecule has 0 aliphatic heterocycles. The van der Waals surface area contributed by atoms with Crippen molar-refractivity contribution in [1.29, 1.82) is 0 Å². The summed E-state index contributed by atoms with van der Waals surface area (Å²) >= 11 is 3.29. The minimum atomic E-state index is -1.49. The maximum absolute atomic E-state index is 13.6. The van der Waals surface area contributed by atoms with Crippen LogP contribution in [0.4, 0.5) is 4.39 Å². The maximum atomic E-state index is 13.6. The van der Waals surface area contributed by atoms with E-state index in [9.17, 15) is 13.4 Å². The number of halogens is 2. The van der Waals surface area contributed by atoms with Gasteiger partial charge in [0.2, 0.25) is 0 Å². The van der Waals surface area contributed by atoms with E-state index in [0.717, 1.165) is 6.07 Å². The molecule has 1 atom stereocenters. The zero-order valence-corrected chi connectivity index (χ0v) is 13.5. The topological polar surface area (TPSA) is 43.4 Å². The Bertz CT molecular complexity index is 703. The van der Waals surface area contributed by atoms with Crippen LogP contribution in [-0.2, 0) is 10.8 Å². The molecule has 2 aromatic rings. The zero-order valence-electron chi connectivity index (χ0n) is 11.1. The number of ether oxygens (including phenoxy) is 1. The van der Waals surface area contributed by atoms with Crippen molar-refractivity contribution in [3.63, 3.8) is 0 Å². The highest BCUT2D eigenvalue weighted by molar-refractivity contribution is 9.10. The fourth-order valence-electron chi connectivity index (χ4n) is 1.75. The summed E-state index contributed by atoms with van der Waals surface area (Å²) in [4.78, 5) is 12.6. The minimum Gasteiger partial charge on any atom is -0.494 e. The number of hydrogen-bond donors (Lipinski definition) is 0. The molecular formula is C15H12BrFO3S. The van der Waals surface area contributed by atoms with Crippen molar-refractivity contribution in [2.24, 2.45) is 0 Å². The Hall–Kier alpha value is -1.53. The Morgan fingerprint density at radius 3 is 2.62 bits per heavy atom. The van der Waals surface area contributed by atoms with E-state index in [4.69, 9.17) is 4.74 Å².